The molecule has 172 valence electrons. The van der Waals surface area contributed by atoms with Crippen molar-refractivity contribution in [2.45, 2.75) is 84.3 Å². The second kappa shape index (κ2) is 11.7. The minimum absolute atomic E-state index is 0.0963. The van der Waals surface area contributed by atoms with Crippen LogP contribution in [-0.4, -0.2) is 40.2 Å². The summed E-state index contributed by atoms with van der Waals surface area (Å²) in [6.45, 7) is 9.94. The fourth-order valence-electron chi connectivity index (χ4n) is 3.91. The van der Waals surface area contributed by atoms with Crippen LogP contribution >= 0.6 is 0 Å². The van der Waals surface area contributed by atoms with Gasteiger partial charge in [-0.1, -0.05) is 37.3 Å². The molecule has 4 nitrogen and oxygen atoms in total. The summed E-state index contributed by atoms with van der Waals surface area (Å²) in [5.41, 5.74) is 5.71. The molecular formula is C27H40O4. The molecule has 0 spiro atoms. The maximum atomic E-state index is 9.98. The molecule has 4 heteroatoms. The summed E-state index contributed by atoms with van der Waals surface area (Å²) in [5, 5.41) is 28.4. The first-order valence-corrected chi connectivity index (χ1v) is 11.5. The van der Waals surface area contributed by atoms with Crippen molar-refractivity contribution in [3.05, 3.63) is 64.2 Å². The Kier molecular flexibility index (Phi) is 9.54. The highest BCUT2D eigenvalue weighted by atomic mass is 16.5. The lowest BCUT2D eigenvalue weighted by molar-refractivity contribution is 0.0534. The Bertz CT molecular complexity index is 822. The molecule has 0 bridgehead atoms. The van der Waals surface area contributed by atoms with E-state index < -0.39 is 11.7 Å². The standard InChI is InChI=1S/C27H40O4/c1-6-22(24-11-12-26(20(3)16-24)31-18-25(29)17-28)9-7-21-8-10-23(19(2)15-21)13-14-27(4,5)30/h8,10-12,15-16,22,25,28-30H,6-7,9,13-14,17-18H2,1-5H3/t22?,25-/m0/s1. The van der Waals surface area contributed by atoms with Crippen molar-refractivity contribution in [3.8, 4) is 5.75 Å². The van der Waals surface area contributed by atoms with E-state index in [1.165, 1.54) is 22.3 Å². The molecule has 2 aromatic rings. The Morgan fingerprint density at radius 1 is 1.00 bits per heavy atom. The van der Waals surface area contributed by atoms with Crippen LogP contribution in [0.15, 0.2) is 36.4 Å². The van der Waals surface area contributed by atoms with Crippen LogP contribution in [0.25, 0.3) is 0 Å². The van der Waals surface area contributed by atoms with Crippen LogP contribution in [0, 0.1) is 13.8 Å². The molecule has 0 saturated heterocycles. The molecule has 0 aromatic heterocycles. The van der Waals surface area contributed by atoms with E-state index in [-0.39, 0.29) is 13.2 Å². The van der Waals surface area contributed by atoms with Gasteiger partial charge in [0.2, 0.25) is 0 Å². The molecule has 0 amide bonds. The van der Waals surface area contributed by atoms with Crippen molar-refractivity contribution in [1.82, 2.24) is 0 Å². The van der Waals surface area contributed by atoms with Crippen molar-refractivity contribution in [2.24, 2.45) is 0 Å². The van der Waals surface area contributed by atoms with Crippen LogP contribution in [0.4, 0.5) is 0 Å². The van der Waals surface area contributed by atoms with E-state index in [0.717, 1.165) is 43.4 Å². The maximum Gasteiger partial charge on any atom is 0.122 e. The summed E-state index contributed by atoms with van der Waals surface area (Å²) in [7, 11) is 0. The molecule has 1 unspecified atom stereocenters. The monoisotopic (exact) mass is 428 g/mol. The van der Waals surface area contributed by atoms with Gasteiger partial charge in [0.1, 0.15) is 18.5 Å². The molecule has 3 N–H and O–H groups in total. The highest BCUT2D eigenvalue weighted by Gasteiger charge is 2.15. The van der Waals surface area contributed by atoms with Crippen LogP contribution in [0.1, 0.15) is 73.8 Å². The third kappa shape index (κ3) is 8.29. The average Bonchev–Trinajstić information content (AvgIpc) is 2.72. The minimum atomic E-state index is -0.854. The van der Waals surface area contributed by atoms with Crippen molar-refractivity contribution < 1.29 is 20.1 Å². The van der Waals surface area contributed by atoms with Gasteiger partial charge in [0.05, 0.1) is 12.2 Å². The first-order chi connectivity index (χ1) is 14.6. The van der Waals surface area contributed by atoms with Crippen LogP contribution < -0.4 is 4.74 Å². The zero-order valence-corrected chi connectivity index (χ0v) is 19.8. The van der Waals surface area contributed by atoms with Crippen molar-refractivity contribution >= 4 is 0 Å². The number of aryl methyl sites for hydroxylation is 4. The van der Waals surface area contributed by atoms with Gasteiger partial charge in [0, 0.05) is 0 Å². The predicted molar refractivity (Wildman–Crippen MR) is 127 cm³/mol. The molecule has 0 aliphatic rings. The fraction of sp³-hybridized carbons (Fsp3) is 0.556. The number of ether oxygens (including phenoxy) is 1. The molecule has 0 heterocycles. The number of aliphatic hydroxyl groups excluding tert-OH is 2. The Morgan fingerprint density at radius 3 is 2.32 bits per heavy atom. The summed E-state index contributed by atoms with van der Waals surface area (Å²) in [6, 6.07) is 13.0. The molecule has 2 aromatic carbocycles. The Morgan fingerprint density at radius 2 is 1.74 bits per heavy atom. The lowest BCUT2D eigenvalue weighted by atomic mass is 9.88. The van der Waals surface area contributed by atoms with E-state index in [4.69, 9.17) is 9.84 Å². The summed E-state index contributed by atoms with van der Waals surface area (Å²) in [5.74, 6) is 1.23. The fourth-order valence-corrected chi connectivity index (χ4v) is 3.91. The molecule has 0 fully saturated rings. The molecule has 0 saturated carbocycles. The van der Waals surface area contributed by atoms with E-state index in [9.17, 15) is 10.2 Å². The van der Waals surface area contributed by atoms with E-state index in [2.05, 4.69) is 44.2 Å². The SMILES string of the molecule is CCC(CCc1ccc(CCC(C)(C)O)c(C)c1)c1ccc(OC[C@@H](O)CO)c(C)c1. The lowest BCUT2D eigenvalue weighted by Crippen LogP contribution is -2.21. The molecule has 0 radical (unpaired) electrons. The average molecular weight is 429 g/mol. The Balaban J connectivity index is 1.98. The van der Waals surface area contributed by atoms with Crippen LogP contribution in [0.2, 0.25) is 0 Å². The molecule has 0 aliphatic heterocycles. The highest BCUT2D eigenvalue weighted by Crippen LogP contribution is 2.30. The van der Waals surface area contributed by atoms with E-state index in [1.807, 2.05) is 26.8 Å². The summed E-state index contributed by atoms with van der Waals surface area (Å²) in [6.07, 6.45) is 4.00. The number of rotatable bonds is 12. The van der Waals surface area contributed by atoms with Crippen molar-refractivity contribution in [2.75, 3.05) is 13.2 Å². The quantitative estimate of drug-likeness (QED) is 0.451. The normalized spacial score (nSPS) is 13.8. The highest BCUT2D eigenvalue weighted by molar-refractivity contribution is 5.38. The summed E-state index contributed by atoms with van der Waals surface area (Å²) >= 11 is 0. The van der Waals surface area contributed by atoms with Gasteiger partial charge in [0.15, 0.2) is 0 Å². The molecular weight excluding hydrogens is 388 g/mol. The number of aliphatic hydroxyl groups is 3. The third-order valence-corrected chi connectivity index (χ3v) is 6.00. The van der Waals surface area contributed by atoms with E-state index >= 15 is 0 Å². The molecule has 31 heavy (non-hydrogen) atoms. The molecule has 2 rings (SSSR count). The van der Waals surface area contributed by atoms with Gasteiger partial charge in [-0.2, -0.15) is 0 Å². The Labute approximate surface area is 187 Å². The van der Waals surface area contributed by atoms with Crippen molar-refractivity contribution in [3.63, 3.8) is 0 Å². The Hall–Kier alpha value is -1.88. The van der Waals surface area contributed by atoms with Crippen molar-refractivity contribution in [1.29, 1.82) is 0 Å². The smallest absolute Gasteiger partial charge is 0.122 e. The van der Waals surface area contributed by atoms with Gasteiger partial charge in [0.25, 0.3) is 0 Å². The lowest BCUT2D eigenvalue weighted by Gasteiger charge is -2.19. The second-order valence-electron chi connectivity index (χ2n) is 9.39. The van der Waals surface area contributed by atoms with Gasteiger partial charge < -0.3 is 20.1 Å². The minimum Gasteiger partial charge on any atom is -0.491 e. The van der Waals surface area contributed by atoms with Gasteiger partial charge in [-0.25, -0.2) is 0 Å². The summed E-state index contributed by atoms with van der Waals surface area (Å²) < 4.78 is 5.63. The number of hydrogen-bond donors (Lipinski definition) is 3. The van der Waals surface area contributed by atoms with E-state index in [1.54, 1.807) is 0 Å². The number of hydrogen-bond acceptors (Lipinski definition) is 4. The third-order valence-electron chi connectivity index (χ3n) is 6.00. The maximum absolute atomic E-state index is 9.98. The predicted octanol–water partition coefficient (Wildman–Crippen LogP) is 4.87. The zero-order chi connectivity index (χ0) is 23.0. The first-order valence-electron chi connectivity index (χ1n) is 11.5. The second-order valence-corrected chi connectivity index (χ2v) is 9.39. The van der Waals surface area contributed by atoms with Gasteiger partial charge >= 0.3 is 0 Å². The summed E-state index contributed by atoms with van der Waals surface area (Å²) in [4.78, 5) is 0. The largest absolute Gasteiger partial charge is 0.491 e. The molecule has 2 atom stereocenters. The van der Waals surface area contributed by atoms with Gasteiger partial charge in [-0.3, -0.25) is 0 Å². The number of benzene rings is 2. The topological polar surface area (TPSA) is 69.9 Å². The van der Waals surface area contributed by atoms with E-state index in [0.29, 0.717) is 5.92 Å². The van der Waals surface area contributed by atoms with Crippen LogP contribution in [0.5, 0.6) is 5.75 Å². The van der Waals surface area contributed by atoms with Crippen LogP contribution in [0.3, 0.4) is 0 Å². The first kappa shape index (κ1) is 25.4. The zero-order valence-electron chi connectivity index (χ0n) is 19.8. The van der Waals surface area contributed by atoms with Crippen LogP contribution in [-0.2, 0) is 12.8 Å². The molecule has 0 aliphatic carbocycles. The van der Waals surface area contributed by atoms with Gasteiger partial charge in [-0.15, -0.1) is 0 Å². The van der Waals surface area contributed by atoms with Gasteiger partial charge in [-0.05, 0) is 99.6 Å².